The minimum absolute atomic E-state index is 0.00485. The maximum absolute atomic E-state index is 11.4. The third-order valence-electron chi connectivity index (χ3n) is 5.11. The molecule has 1 aliphatic rings. The Labute approximate surface area is 161 Å². The molecule has 1 unspecified atom stereocenters. The van der Waals surface area contributed by atoms with E-state index in [1.165, 1.54) is 0 Å². The van der Waals surface area contributed by atoms with E-state index in [9.17, 15) is 4.79 Å². The van der Waals surface area contributed by atoms with Crippen molar-refractivity contribution in [3.8, 4) is 0 Å². The van der Waals surface area contributed by atoms with Gasteiger partial charge in [-0.15, -0.1) is 0 Å². The van der Waals surface area contributed by atoms with Crippen LogP contribution in [0, 0.1) is 5.92 Å². The number of nitrogens with one attached hydrogen (secondary N) is 2. The van der Waals surface area contributed by atoms with Gasteiger partial charge in [0.1, 0.15) is 5.76 Å². The van der Waals surface area contributed by atoms with Crippen LogP contribution < -0.4 is 16.4 Å². The van der Waals surface area contributed by atoms with Gasteiger partial charge in [-0.25, -0.2) is 0 Å². The fourth-order valence-electron chi connectivity index (χ4n) is 3.53. The molecule has 2 rings (SSSR count). The Morgan fingerprint density at radius 1 is 1.37 bits per heavy atom. The molecule has 0 radical (unpaired) electrons. The van der Waals surface area contributed by atoms with Gasteiger partial charge in [-0.2, -0.15) is 0 Å². The zero-order chi connectivity index (χ0) is 19.6. The second kappa shape index (κ2) is 10.9. The lowest BCUT2D eigenvalue weighted by atomic mass is 9.97. The number of rotatable bonds is 9. The van der Waals surface area contributed by atoms with E-state index in [4.69, 9.17) is 10.3 Å². The quantitative estimate of drug-likeness (QED) is 0.337. The van der Waals surface area contributed by atoms with E-state index in [0.717, 1.165) is 81.3 Å². The average molecular weight is 379 g/mol. The number of carbonyl (C=O) groups excluding carboxylic acids is 1. The highest BCUT2D eigenvalue weighted by Crippen LogP contribution is 2.16. The fourth-order valence-corrected chi connectivity index (χ4v) is 3.53. The van der Waals surface area contributed by atoms with Crippen molar-refractivity contribution in [2.75, 3.05) is 33.2 Å². The van der Waals surface area contributed by atoms with Crippen LogP contribution in [0.4, 0.5) is 0 Å². The molecule has 1 fully saturated rings. The Morgan fingerprint density at radius 3 is 2.85 bits per heavy atom. The van der Waals surface area contributed by atoms with Crippen LogP contribution in [0.5, 0.6) is 0 Å². The van der Waals surface area contributed by atoms with Gasteiger partial charge in [-0.05, 0) is 38.8 Å². The predicted octanol–water partition coefficient (Wildman–Crippen LogP) is 1.05. The molecule has 0 bridgehead atoms. The topological polar surface area (TPSA) is 109 Å². The molecule has 1 aliphatic heterocycles. The van der Waals surface area contributed by atoms with Crippen molar-refractivity contribution >= 4 is 11.9 Å². The van der Waals surface area contributed by atoms with Crippen molar-refractivity contribution in [3.63, 3.8) is 0 Å². The van der Waals surface area contributed by atoms with Gasteiger partial charge in [0, 0.05) is 38.7 Å². The Kier molecular flexibility index (Phi) is 8.57. The van der Waals surface area contributed by atoms with Crippen molar-refractivity contribution < 1.29 is 9.32 Å². The number of carbonyl (C=O) groups is 1. The number of hydrogen-bond donors (Lipinski definition) is 3. The first-order valence-electron chi connectivity index (χ1n) is 10.0. The molecule has 1 atom stereocenters. The summed E-state index contributed by atoms with van der Waals surface area (Å²) >= 11 is 0. The predicted molar refractivity (Wildman–Crippen MR) is 106 cm³/mol. The van der Waals surface area contributed by atoms with Gasteiger partial charge < -0.3 is 25.8 Å². The van der Waals surface area contributed by atoms with Crippen LogP contribution in [0.15, 0.2) is 9.52 Å². The van der Waals surface area contributed by atoms with Crippen molar-refractivity contribution in [1.29, 1.82) is 0 Å². The summed E-state index contributed by atoms with van der Waals surface area (Å²) in [7, 11) is 1.77. The average Bonchev–Trinajstić information content (AvgIpc) is 3.09. The van der Waals surface area contributed by atoms with Gasteiger partial charge in [-0.3, -0.25) is 9.79 Å². The summed E-state index contributed by atoms with van der Waals surface area (Å²) < 4.78 is 5.40. The Bertz CT molecular complexity index is 606. The third-order valence-corrected chi connectivity index (χ3v) is 5.11. The summed E-state index contributed by atoms with van der Waals surface area (Å²) in [5.41, 5.74) is 7.58. The van der Waals surface area contributed by atoms with Crippen LogP contribution in [0.3, 0.4) is 0 Å². The number of guanidine groups is 1. The van der Waals surface area contributed by atoms with Crippen LogP contribution in [0.25, 0.3) is 0 Å². The SMILES string of the molecule is CCc1noc(CC)c1CNC(=NC)NCCCN1CCCC(C(N)=O)C1. The number of nitrogens with two attached hydrogens (primary N) is 1. The molecule has 1 aromatic rings. The number of hydrogen-bond acceptors (Lipinski definition) is 5. The molecule has 0 spiro atoms. The lowest BCUT2D eigenvalue weighted by Gasteiger charge is -2.31. The molecule has 4 N–H and O–H groups in total. The van der Waals surface area contributed by atoms with Crippen LogP contribution in [0.2, 0.25) is 0 Å². The minimum Gasteiger partial charge on any atom is -0.369 e. The highest BCUT2D eigenvalue weighted by Gasteiger charge is 2.23. The maximum atomic E-state index is 11.4. The molecule has 27 heavy (non-hydrogen) atoms. The van der Waals surface area contributed by atoms with Crippen LogP contribution in [-0.4, -0.2) is 55.2 Å². The maximum Gasteiger partial charge on any atom is 0.221 e. The van der Waals surface area contributed by atoms with E-state index in [-0.39, 0.29) is 11.8 Å². The lowest BCUT2D eigenvalue weighted by molar-refractivity contribution is -0.123. The normalized spacial score (nSPS) is 18.5. The number of aromatic nitrogens is 1. The zero-order valence-corrected chi connectivity index (χ0v) is 16.9. The fraction of sp³-hybridized carbons (Fsp3) is 0.737. The summed E-state index contributed by atoms with van der Waals surface area (Å²) in [6, 6.07) is 0. The molecule has 8 heteroatoms. The number of amides is 1. The van der Waals surface area contributed by atoms with E-state index in [1.807, 2.05) is 0 Å². The van der Waals surface area contributed by atoms with Gasteiger partial charge in [0.25, 0.3) is 0 Å². The first-order chi connectivity index (χ1) is 13.1. The van der Waals surface area contributed by atoms with Crippen molar-refractivity contribution in [2.24, 2.45) is 16.6 Å². The minimum atomic E-state index is -0.172. The standard InChI is InChI=1S/C19H34N6O2/c1-4-16-15(17(5-2)27-24-16)12-23-19(21-3)22-9-7-11-25-10-6-8-14(13-25)18(20)26/h14H,4-13H2,1-3H3,(H2,20,26)(H2,21,22,23). The van der Waals surface area contributed by atoms with Crippen molar-refractivity contribution in [2.45, 2.75) is 52.5 Å². The Hall–Kier alpha value is -2.09. The van der Waals surface area contributed by atoms with Crippen LogP contribution >= 0.6 is 0 Å². The monoisotopic (exact) mass is 378 g/mol. The number of primary amides is 1. The van der Waals surface area contributed by atoms with Gasteiger partial charge in [-0.1, -0.05) is 19.0 Å². The van der Waals surface area contributed by atoms with Gasteiger partial charge >= 0.3 is 0 Å². The van der Waals surface area contributed by atoms with E-state index in [1.54, 1.807) is 7.05 Å². The van der Waals surface area contributed by atoms with Crippen molar-refractivity contribution in [1.82, 2.24) is 20.7 Å². The van der Waals surface area contributed by atoms with Gasteiger partial charge in [0.05, 0.1) is 11.6 Å². The Morgan fingerprint density at radius 2 is 2.19 bits per heavy atom. The molecule has 0 aliphatic carbocycles. The highest BCUT2D eigenvalue weighted by atomic mass is 16.5. The molecule has 0 saturated carbocycles. The summed E-state index contributed by atoms with van der Waals surface area (Å²) in [6.45, 7) is 8.42. The first-order valence-corrected chi connectivity index (χ1v) is 10.0. The summed E-state index contributed by atoms with van der Waals surface area (Å²) in [6.07, 6.45) is 4.64. The van der Waals surface area contributed by atoms with Gasteiger partial charge in [0.15, 0.2) is 5.96 Å². The zero-order valence-electron chi connectivity index (χ0n) is 16.9. The first kappa shape index (κ1) is 21.2. The largest absolute Gasteiger partial charge is 0.369 e. The molecule has 2 heterocycles. The van der Waals surface area contributed by atoms with E-state index in [0.29, 0.717) is 6.54 Å². The summed E-state index contributed by atoms with van der Waals surface area (Å²) in [5.74, 6) is 1.54. The molecule has 1 saturated heterocycles. The number of likely N-dealkylation sites (tertiary alicyclic amines) is 1. The molecular formula is C19H34N6O2. The smallest absolute Gasteiger partial charge is 0.221 e. The molecule has 0 aromatic carbocycles. The van der Waals surface area contributed by atoms with Crippen LogP contribution in [0.1, 0.15) is 50.1 Å². The van der Waals surface area contributed by atoms with Gasteiger partial charge in [0.2, 0.25) is 5.91 Å². The third kappa shape index (κ3) is 6.23. The highest BCUT2D eigenvalue weighted by molar-refractivity contribution is 5.79. The molecule has 152 valence electrons. The molecular weight excluding hydrogens is 344 g/mol. The summed E-state index contributed by atoms with van der Waals surface area (Å²) in [5, 5.41) is 10.8. The van der Waals surface area contributed by atoms with Crippen molar-refractivity contribution in [3.05, 3.63) is 17.0 Å². The van der Waals surface area contributed by atoms with E-state index < -0.39 is 0 Å². The van der Waals surface area contributed by atoms with Crippen LogP contribution in [-0.2, 0) is 24.2 Å². The summed E-state index contributed by atoms with van der Waals surface area (Å²) in [4.78, 5) is 18.0. The molecule has 1 amide bonds. The Balaban J connectivity index is 1.72. The number of aryl methyl sites for hydroxylation is 2. The molecule has 8 nitrogen and oxygen atoms in total. The number of piperidine rings is 1. The number of nitrogens with zero attached hydrogens (tertiary/aromatic N) is 3. The second-order valence-corrected chi connectivity index (χ2v) is 6.99. The lowest BCUT2D eigenvalue weighted by Crippen LogP contribution is -2.42. The second-order valence-electron chi connectivity index (χ2n) is 6.99. The molecule has 1 aromatic heterocycles. The number of aliphatic imine (C=N–C) groups is 1. The van der Waals surface area contributed by atoms with E-state index in [2.05, 4.69) is 39.5 Å². The van der Waals surface area contributed by atoms with E-state index >= 15 is 0 Å².